The molecule has 1 aliphatic carbocycles. The molecule has 0 aromatic rings. The minimum absolute atomic E-state index is 0.0324. The van der Waals surface area contributed by atoms with Crippen LogP contribution in [0.15, 0.2) is 0 Å². The second-order valence-electron chi connectivity index (χ2n) is 6.09. The van der Waals surface area contributed by atoms with Crippen molar-refractivity contribution in [3.8, 4) is 0 Å². The van der Waals surface area contributed by atoms with Crippen LogP contribution in [0.5, 0.6) is 0 Å². The summed E-state index contributed by atoms with van der Waals surface area (Å²) in [6.45, 7) is 7.74. The third-order valence-electron chi connectivity index (χ3n) is 3.25. The number of amides is 1. The maximum Gasteiger partial charge on any atom is 0.407 e. The van der Waals surface area contributed by atoms with Gasteiger partial charge in [-0.3, -0.25) is 0 Å². The summed E-state index contributed by atoms with van der Waals surface area (Å²) in [4.78, 5) is 11.7. The molecule has 0 radical (unpaired) electrons. The Morgan fingerprint density at radius 1 is 1.29 bits per heavy atom. The van der Waals surface area contributed by atoms with Crippen molar-refractivity contribution in [2.24, 2.45) is 11.7 Å². The lowest BCUT2D eigenvalue weighted by molar-refractivity contribution is 0.0490. The largest absolute Gasteiger partial charge is 0.444 e. The Morgan fingerprint density at radius 3 is 2.47 bits per heavy atom. The van der Waals surface area contributed by atoms with Gasteiger partial charge in [-0.15, -0.1) is 0 Å². The molecule has 3 atom stereocenters. The number of carbonyl (C=O) groups excluding carboxylic acids is 1. The zero-order valence-corrected chi connectivity index (χ0v) is 11.5. The van der Waals surface area contributed by atoms with Gasteiger partial charge in [-0.25, -0.2) is 4.79 Å². The number of ether oxygens (including phenoxy) is 1. The standard InChI is InChI=1S/C13H26N2O2/c1-9-7-5-6-8-10(11(9)14)15-12(16)17-13(2,3)4/h9-11H,5-8,14H2,1-4H3,(H,15,16)/t9?,10-,11+/m0/s1. The van der Waals surface area contributed by atoms with Gasteiger partial charge in [-0.1, -0.05) is 19.8 Å². The van der Waals surface area contributed by atoms with Crippen LogP contribution in [0.4, 0.5) is 4.79 Å². The highest BCUT2D eigenvalue weighted by molar-refractivity contribution is 5.68. The molecule has 1 rings (SSSR count). The van der Waals surface area contributed by atoms with Gasteiger partial charge in [-0.2, -0.15) is 0 Å². The van der Waals surface area contributed by atoms with E-state index in [2.05, 4.69) is 12.2 Å². The fourth-order valence-electron chi connectivity index (χ4n) is 2.24. The molecular weight excluding hydrogens is 216 g/mol. The molecule has 0 heterocycles. The van der Waals surface area contributed by atoms with E-state index in [0.717, 1.165) is 19.3 Å². The first kappa shape index (κ1) is 14.3. The summed E-state index contributed by atoms with van der Waals surface area (Å²) in [5.41, 5.74) is 5.71. The van der Waals surface area contributed by atoms with Gasteiger partial charge in [0.05, 0.1) is 0 Å². The van der Waals surface area contributed by atoms with Crippen molar-refractivity contribution >= 4 is 6.09 Å². The molecule has 4 nitrogen and oxygen atoms in total. The van der Waals surface area contributed by atoms with Crippen molar-refractivity contribution < 1.29 is 9.53 Å². The second kappa shape index (κ2) is 5.71. The molecule has 1 fully saturated rings. The van der Waals surface area contributed by atoms with E-state index in [-0.39, 0.29) is 18.2 Å². The van der Waals surface area contributed by atoms with Crippen LogP contribution in [0.25, 0.3) is 0 Å². The number of nitrogens with one attached hydrogen (secondary N) is 1. The number of alkyl carbamates (subject to hydrolysis) is 1. The maximum absolute atomic E-state index is 11.7. The smallest absolute Gasteiger partial charge is 0.407 e. The van der Waals surface area contributed by atoms with E-state index in [1.165, 1.54) is 6.42 Å². The van der Waals surface area contributed by atoms with Gasteiger partial charge in [0.1, 0.15) is 5.60 Å². The average Bonchev–Trinajstić information content (AvgIpc) is 2.30. The monoisotopic (exact) mass is 242 g/mol. The minimum Gasteiger partial charge on any atom is -0.444 e. The van der Waals surface area contributed by atoms with Crippen LogP contribution in [0.3, 0.4) is 0 Å². The maximum atomic E-state index is 11.7. The lowest BCUT2D eigenvalue weighted by Crippen LogP contribution is -2.50. The summed E-state index contributed by atoms with van der Waals surface area (Å²) in [5.74, 6) is 0.456. The third-order valence-corrected chi connectivity index (χ3v) is 3.25. The Balaban J connectivity index is 2.51. The van der Waals surface area contributed by atoms with E-state index in [0.29, 0.717) is 5.92 Å². The Kier molecular flexibility index (Phi) is 4.80. The molecule has 17 heavy (non-hydrogen) atoms. The van der Waals surface area contributed by atoms with Crippen molar-refractivity contribution in [3.05, 3.63) is 0 Å². The molecule has 0 spiro atoms. The van der Waals surface area contributed by atoms with Crippen molar-refractivity contribution in [1.29, 1.82) is 0 Å². The number of hydrogen-bond donors (Lipinski definition) is 2. The Morgan fingerprint density at radius 2 is 1.88 bits per heavy atom. The van der Waals surface area contributed by atoms with Gasteiger partial charge in [0.25, 0.3) is 0 Å². The molecule has 100 valence electrons. The molecule has 4 heteroatoms. The van der Waals surface area contributed by atoms with Crippen LogP contribution in [-0.4, -0.2) is 23.8 Å². The first-order valence-corrected chi connectivity index (χ1v) is 6.54. The predicted octanol–water partition coefficient (Wildman–Crippen LogP) is 2.42. The van der Waals surface area contributed by atoms with E-state index in [1.807, 2.05) is 20.8 Å². The van der Waals surface area contributed by atoms with Crippen molar-refractivity contribution in [3.63, 3.8) is 0 Å². The molecule has 1 unspecified atom stereocenters. The number of nitrogens with two attached hydrogens (primary N) is 1. The molecule has 1 aliphatic rings. The Bertz CT molecular complexity index is 261. The molecule has 1 amide bonds. The second-order valence-corrected chi connectivity index (χ2v) is 6.09. The molecule has 0 aromatic heterocycles. The molecule has 0 aliphatic heterocycles. The van der Waals surface area contributed by atoms with Gasteiger partial charge in [0, 0.05) is 12.1 Å². The summed E-state index contributed by atoms with van der Waals surface area (Å²) in [6, 6.07) is 0.0763. The summed E-state index contributed by atoms with van der Waals surface area (Å²) in [6.07, 6.45) is 4.06. The van der Waals surface area contributed by atoms with Gasteiger partial charge in [0.15, 0.2) is 0 Å². The Labute approximate surface area is 104 Å². The quantitative estimate of drug-likeness (QED) is 0.694. The van der Waals surface area contributed by atoms with Crippen molar-refractivity contribution in [2.75, 3.05) is 0 Å². The average molecular weight is 242 g/mol. The molecule has 3 N–H and O–H groups in total. The molecule has 0 aromatic carbocycles. The lowest BCUT2D eigenvalue weighted by atomic mass is 9.94. The van der Waals surface area contributed by atoms with Crippen LogP contribution >= 0.6 is 0 Å². The van der Waals surface area contributed by atoms with Crippen LogP contribution in [-0.2, 0) is 4.74 Å². The van der Waals surface area contributed by atoms with Crippen LogP contribution < -0.4 is 11.1 Å². The molecule has 0 saturated heterocycles. The minimum atomic E-state index is -0.454. The summed E-state index contributed by atoms with van der Waals surface area (Å²) in [7, 11) is 0. The van der Waals surface area contributed by atoms with E-state index < -0.39 is 5.60 Å². The van der Waals surface area contributed by atoms with Crippen LogP contribution in [0.2, 0.25) is 0 Å². The molecule has 0 bridgehead atoms. The topological polar surface area (TPSA) is 64.3 Å². The van der Waals surface area contributed by atoms with E-state index in [1.54, 1.807) is 0 Å². The summed E-state index contributed by atoms with van der Waals surface area (Å²) < 4.78 is 5.26. The molecule has 1 saturated carbocycles. The van der Waals surface area contributed by atoms with Gasteiger partial charge in [-0.05, 0) is 39.5 Å². The SMILES string of the molecule is CC1CCCC[C@H](NC(=O)OC(C)(C)C)[C@@H]1N. The first-order valence-electron chi connectivity index (χ1n) is 6.54. The fraction of sp³-hybridized carbons (Fsp3) is 0.923. The first-order chi connectivity index (χ1) is 7.79. The highest BCUT2D eigenvalue weighted by Gasteiger charge is 2.28. The van der Waals surface area contributed by atoms with Gasteiger partial charge >= 0.3 is 6.09 Å². The van der Waals surface area contributed by atoms with Crippen LogP contribution in [0.1, 0.15) is 53.4 Å². The highest BCUT2D eigenvalue weighted by atomic mass is 16.6. The zero-order chi connectivity index (χ0) is 13.1. The van der Waals surface area contributed by atoms with Crippen LogP contribution in [0, 0.1) is 5.92 Å². The van der Waals surface area contributed by atoms with Crippen molar-refractivity contribution in [1.82, 2.24) is 5.32 Å². The lowest BCUT2D eigenvalue weighted by Gasteiger charge is -2.28. The van der Waals surface area contributed by atoms with Crippen molar-refractivity contribution in [2.45, 2.75) is 71.1 Å². The predicted molar refractivity (Wildman–Crippen MR) is 68.8 cm³/mol. The summed E-state index contributed by atoms with van der Waals surface area (Å²) in [5, 5.41) is 2.91. The highest BCUT2D eigenvalue weighted by Crippen LogP contribution is 2.22. The Hall–Kier alpha value is -0.770. The van der Waals surface area contributed by atoms with E-state index >= 15 is 0 Å². The van der Waals surface area contributed by atoms with Gasteiger partial charge < -0.3 is 15.8 Å². The van der Waals surface area contributed by atoms with E-state index in [4.69, 9.17) is 10.5 Å². The normalized spacial score (nSPS) is 30.5. The summed E-state index contributed by atoms with van der Waals surface area (Å²) >= 11 is 0. The fourth-order valence-corrected chi connectivity index (χ4v) is 2.24. The van der Waals surface area contributed by atoms with Gasteiger partial charge in [0.2, 0.25) is 0 Å². The third kappa shape index (κ3) is 4.94. The zero-order valence-electron chi connectivity index (χ0n) is 11.5. The number of hydrogen-bond acceptors (Lipinski definition) is 3. The molecular formula is C13H26N2O2. The van der Waals surface area contributed by atoms with E-state index in [9.17, 15) is 4.79 Å². The number of carbonyl (C=O) groups is 1. The number of rotatable bonds is 1.